The highest BCUT2D eigenvalue weighted by Crippen LogP contribution is 2.13. The van der Waals surface area contributed by atoms with E-state index in [0.29, 0.717) is 18.9 Å². The van der Waals surface area contributed by atoms with Crippen LogP contribution in [0.5, 0.6) is 0 Å². The third kappa shape index (κ3) is 4.61. The quantitative estimate of drug-likeness (QED) is 0.350. The molecule has 5 heteroatoms. The van der Waals surface area contributed by atoms with Gasteiger partial charge in [0.25, 0.3) is 0 Å². The molecule has 5 nitrogen and oxygen atoms in total. The van der Waals surface area contributed by atoms with Gasteiger partial charge in [-0.05, 0) is 24.5 Å². The van der Waals surface area contributed by atoms with Crippen LogP contribution in [0.3, 0.4) is 0 Å². The van der Waals surface area contributed by atoms with Crippen LogP contribution in [0.1, 0.15) is 25.8 Å². The molecule has 0 radical (unpaired) electrons. The minimum Gasteiger partial charge on any atom is -0.409 e. The van der Waals surface area contributed by atoms with Crippen LogP contribution in [-0.2, 0) is 0 Å². The Balaban J connectivity index is 2.74. The maximum absolute atomic E-state index is 8.57. The van der Waals surface area contributed by atoms with E-state index in [-0.39, 0.29) is 5.84 Å². The third-order valence-corrected chi connectivity index (χ3v) is 2.57. The van der Waals surface area contributed by atoms with Crippen molar-refractivity contribution in [2.45, 2.75) is 27.2 Å². The average Bonchev–Trinajstić information content (AvgIpc) is 2.34. The van der Waals surface area contributed by atoms with Crippen LogP contribution in [0.25, 0.3) is 0 Å². The number of nitrogens with two attached hydrogens (primary N) is 1. The van der Waals surface area contributed by atoms with Crippen molar-refractivity contribution < 1.29 is 5.21 Å². The molecule has 0 aliphatic carbocycles. The molecule has 3 N–H and O–H groups in total. The Morgan fingerprint density at radius 2 is 2.22 bits per heavy atom. The zero-order valence-electron chi connectivity index (χ0n) is 11.3. The van der Waals surface area contributed by atoms with Crippen molar-refractivity contribution in [3.63, 3.8) is 0 Å². The average molecular weight is 250 g/mol. The highest BCUT2D eigenvalue weighted by Gasteiger charge is 2.10. The van der Waals surface area contributed by atoms with Crippen molar-refractivity contribution in [2.24, 2.45) is 16.8 Å². The lowest BCUT2D eigenvalue weighted by molar-refractivity contribution is 0.317. The highest BCUT2D eigenvalue weighted by atomic mass is 16.4. The predicted octanol–water partition coefficient (Wildman–Crippen LogP) is 1.99. The number of aryl methyl sites for hydroxylation is 1. The summed E-state index contributed by atoms with van der Waals surface area (Å²) in [6.45, 7) is 7.92. The summed E-state index contributed by atoms with van der Waals surface area (Å²) in [5.41, 5.74) is 6.65. The number of rotatable bonds is 6. The van der Waals surface area contributed by atoms with E-state index in [2.05, 4.69) is 28.9 Å². The van der Waals surface area contributed by atoms with Crippen LogP contribution in [0.4, 0.5) is 5.82 Å². The Labute approximate surface area is 108 Å². The molecule has 0 aliphatic rings. The van der Waals surface area contributed by atoms with Crippen molar-refractivity contribution in [3.05, 3.63) is 23.9 Å². The zero-order chi connectivity index (χ0) is 13.5. The molecule has 1 aromatic rings. The minimum absolute atomic E-state index is 0.246. The van der Waals surface area contributed by atoms with E-state index in [9.17, 15) is 0 Å². The summed E-state index contributed by atoms with van der Waals surface area (Å²) in [6, 6.07) is 4.04. The maximum Gasteiger partial charge on any atom is 0.140 e. The fraction of sp³-hybridized carbons (Fsp3) is 0.538. The fourth-order valence-corrected chi connectivity index (χ4v) is 1.69. The first-order chi connectivity index (χ1) is 8.52. The van der Waals surface area contributed by atoms with E-state index in [4.69, 9.17) is 10.9 Å². The lowest BCUT2D eigenvalue weighted by Gasteiger charge is -2.25. The summed E-state index contributed by atoms with van der Waals surface area (Å²) in [7, 11) is 0. The Morgan fingerprint density at radius 3 is 2.72 bits per heavy atom. The van der Waals surface area contributed by atoms with Gasteiger partial charge < -0.3 is 15.8 Å². The van der Waals surface area contributed by atoms with E-state index < -0.39 is 0 Å². The van der Waals surface area contributed by atoms with Crippen LogP contribution >= 0.6 is 0 Å². The van der Waals surface area contributed by atoms with Gasteiger partial charge in [0.05, 0.1) is 0 Å². The SMILES string of the molecule is Cc1ccc(N(CCC(N)=NO)CC(C)C)nc1. The number of amidine groups is 1. The number of hydrogen-bond donors (Lipinski definition) is 2. The largest absolute Gasteiger partial charge is 0.409 e. The lowest BCUT2D eigenvalue weighted by atomic mass is 10.2. The Bertz CT molecular complexity index is 386. The van der Waals surface area contributed by atoms with E-state index in [1.165, 1.54) is 0 Å². The van der Waals surface area contributed by atoms with Crippen molar-refractivity contribution in [2.75, 3.05) is 18.0 Å². The van der Waals surface area contributed by atoms with Crippen LogP contribution in [-0.4, -0.2) is 29.1 Å². The van der Waals surface area contributed by atoms with Gasteiger partial charge in [-0.2, -0.15) is 0 Å². The zero-order valence-corrected chi connectivity index (χ0v) is 11.3. The number of oxime groups is 1. The first kappa shape index (κ1) is 14.3. The summed E-state index contributed by atoms with van der Waals surface area (Å²) in [4.78, 5) is 6.57. The van der Waals surface area contributed by atoms with Crippen molar-refractivity contribution in [3.8, 4) is 0 Å². The van der Waals surface area contributed by atoms with Gasteiger partial charge in [-0.15, -0.1) is 0 Å². The number of anilines is 1. The highest BCUT2D eigenvalue weighted by molar-refractivity contribution is 5.80. The second-order valence-electron chi connectivity index (χ2n) is 4.87. The molecule has 1 heterocycles. The molecule has 0 aromatic carbocycles. The molecular weight excluding hydrogens is 228 g/mol. The molecule has 0 bridgehead atoms. The second kappa shape index (κ2) is 6.83. The van der Waals surface area contributed by atoms with Crippen LogP contribution in [0.15, 0.2) is 23.5 Å². The van der Waals surface area contributed by atoms with Gasteiger partial charge >= 0.3 is 0 Å². The van der Waals surface area contributed by atoms with Gasteiger partial charge in [0, 0.05) is 25.7 Å². The molecule has 0 fully saturated rings. The van der Waals surface area contributed by atoms with Crippen molar-refractivity contribution >= 4 is 11.7 Å². The molecule has 1 aromatic heterocycles. The van der Waals surface area contributed by atoms with Gasteiger partial charge in [-0.1, -0.05) is 25.1 Å². The Hall–Kier alpha value is -1.78. The van der Waals surface area contributed by atoms with E-state index in [0.717, 1.165) is 17.9 Å². The van der Waals surface area contributed by atoms with Crippen LogP contribution in [0, 0.1) is 12.8 Å². The second-order valence-corrected chi connectivity index (χ2v) is 4.87. The fourth-order valence-electron chi connectivity index (χ4n) is 1.69. The minimum atomic E-state index is 0.246. The van der Waals surface area contributed by atoms with Gasteiger partial charge in [0.2, 0.25) is 0 Å². The van der Waals surface area contributed by atoms with Crippen molar-refractivity contribution in [1.82, 2.24) is 4.98 Å². The standard InChI is InChI=1S/C13H22N4O/c1-10(2)9-17(7-6-12(14)16-18)13-5-4-11(3)8-15-13/h4-5,8,10,18H,6-7,9H2,1-3H3,(H2,14,16). The number of aromatic nitrogens is 1. The maximum atomic E-state index is 8.57. The lowest BCUT2D eigenvalue weighted by Crippen LogP contribution is -2.32. The van der Waals surface area contributed by atoms with E-state index >= 15 is 0 Å². The number of pyridine rings is 1. The van der Waals surface area contributed by atoms with Crippen molar-refractivity contribution in [1.29, 1.82) is 0 Å². The third-order valence-electron chi connectivity index (χ3n) is 2.57. The molecular formula is C13H22N4O. The summed E-state index contributed by atoms with van der Waals surface area (Å²) in [6.07, 6.45) is 2.38. The van der Waals surface area contributed by atoms with E-state index in [1.54, 1.807) is 0 Å². The molecule has 0 amide bonds. The van der Waals surface area contributed by atoms with Crippen LogP contribution in [0.2, 0.25) is 0 Å². The molecule has 100 valence electrons. The van der Waals surface area contributed by atoms with Gasteiger partial charge in [-0.3, -0.25) is 0 Å². The molecule has 18 heavy (non-hydrogen) atoms. The molecule has 0 unspecified atom stereocenters. The summed E-state index contributed by atoms with van der Waals surface area (Å²) in [5, 5.41) is 11.6. The molecule has 0 saturated carbocycles. The Kier molecular flexibility index (Phi) is 5.42. The molecule has 1 rings (SSSR count). The summed E-state index contributed by atoms with van der Waals surface area (Å²) < 4.78 is 0. The predicted molar refractivity (Wildman–Crippen MR) is 74.1 cm³/mol. The molecule has 0 saturated heterocycles. The normalized spacial score (nSPS) is 11.9. The van der Waals surface area contributed by atoms with Gasteiger partial charge in [0.1, 0.15) is 11.7 Å². The summed E-state index contributed by atoms with van der Waals surface area (Å²) in [5.74, 6) is 1.70. The molecule has 0 spiro atoms. The first-order valence-electron chi connectivity index (χ1n) is 6.17. The number of hydrogen-bond acceptors (Lipinski definition) is 4. The molecule has 0 aliphatic heterocycles. The summed E-state index contributed by atoms with van der Waals surface area (Å²) >= 11 is 0. The van der Waals surface area contributed by atoms with E-state index in [1.807, 2.05) is 25.3 Å². The van der Waals surface area contributed by atoms with Gasteiger partial charge in [0.15, 0.2) is 0 Å². The topological polar surface area (TPSA) is 74.7 Å². The van der Waals surface area contributed by atoms with Gasteiger partial charge in [-0.25, -0.2) is 4.98 Å². The molecule has 0 atom stereocenters. The smallest absolute Gasteiger partial charge is 0.140 e. The first-order valence-corrected chi connectivity index (χ1v) is 6.17. The monoisotopic (exact) mass is 250 g/mol. The van der Waals surface area contributed by atoms with Crippen LogP contribution < -0.4 is 10.6 Å². The number of nitrogens with zero attached hydrogens (tertiary/aromatic N) is 3. The Morgan fingerprint density at radius 1 is 1.50 bits per heavy atom.